The summed E-state index contributed by atoms with van der Waals surface area (Å²) in [5, 5.41) is 9.49. The molecular formula is C29H27FN6O3. The molecule has 0 radical (unpaired) electrons. The molecule has 0 spiro atoms. The van der Waals surface area contributed by atoms with E-state index in [4.69, 9.17) is 9.47 Å². The Hall–Kier alpha value is -4.57. The molecule has 1 amide bonds. The highest BCUT2D eigenvalue weighted by molar-refractivity contribution is 5.97. The van der Waals surface area contributed by atoms with E-state index in [9.17, 15) is 9.18 Å². The third kappa shape index (κ3) is 5.23. The van der Waals surface area contributed by atoms with Crippen molar-refractivity contribution in [1.29, 1.82) is 0 Å². The molecule has 9 nitrogen and oxygen atoms in total. The first-order chi connectivity index (χ1) is 19.0. The van der Waals surface area contributed by atoms with Crippen LogP contribution in [0, 0.1) is 5.82 Å². The first kappa shape index (κ1) is 24.7. The van der Waals surface area contributed by atoms with Crippen molar-refractivity contribution in [3.63, 3.8) is 0 Å². The standard InChI is InChI=1S/C29H27FN6O3/c1-19(29(37)35-10-12-38-13-11-35)39-26-7-3-6-24-27(26)28(32-18-31-24)34-23-8-9-25-21(15-23)16-33-36(25)17-20-4-2-5-22(30)14-20/h2-9,14-16,18-19H,10-13,17H2,1H3,(H,31,32,34)/t19-/m1/s1. The molecule has 1 saturated heterocycles. The van der Waals surface area contributed by atoms with Gasteiger partial charge in [-0.15, -0.1) is 0 Å². The zero-order chi connectivity index (χ0) is 26.8. The molecule has 6 rings (SSSR count). The van der Waals surface area contributed by atoms with Crippen molar-refractivity contribution in [2.24, 2.45) is 0 Å². The predicted molar refractivity (Wildman–Crippen MR) is 146 cm³/mol. The molecule has 39 heavy (non-hydrogen) atoms. The molecular weight excluding hydrogens is 499 g/mol. The van der Waals surface area contributed by atoms with Crippen molar-refractivity contribution in [3.8, 4) is 5.75 Å². The van der Waals surface area contributed by atoms with E-state index in [0.29, 0.717) is 55.3 Å². The monoisotopic (exact) mass is 526 g/mol. The lowest BCUT2D eigenvalue weighted by molar-refractivity contribution is -0.142. The number of carbonyl (C=O) groups is 1. The van der Waals surface area contributed by atoms with Gasteiger partial charge in [-0.1, -0.05) is 18.2 Å². The second-order valence-electron chi connectivity index (χ2n) is 9.40. The van der Waals surface area contributed by atoms with Crippen molar-refractivity contribution in [2.45, 2.75) is 19.6 Å². The van der Waals surface area contributed by atoms with Crippen LogP contribution in [0.15, 0.2) is 73.2 Å². The van der Waals surface area contributed by atoms with Gasteiger partial charge in [-0.25, -0.2) is 14.4 Å². The summed E-state index contributed by atoms with van der Waals surface area (Å²) in [4.78, 5) is 23.6. The van der Waals surface area contributed by atoms with Gasteiger partial charge in [0.1, 0.15) is 23.7 Å². The Morgan fingerprint density at radius 2 is 1.95 bits per heavy atom. The largest absolute Gasteiger partial charge is 0.480 e. The Bertz CT molecular complexity index is 1640. The Balaban J connectivity index is 1.26. The Morgan fingerprint density at radius 3 is 2.79 bits per heavy atom. The number of hydrogen-bond donors (Lipinski definition) is 1. The van der Waals surface area contributed by atoms with E-state index >= 15 is 0 Å². The number of hydrogen-bond acceptors (Lipinski definition) is 7. The molecule has 10 heteroatoms. The molecule has 198 valence electrons. The van der Waals surface area contributed by atoms with Crippen molar-refractivity contribution >= 4 is 39.2 Å². The Labute approximate surface area is 224 Å². The van der Waals surface area contributed by atoms with Gasteiger partial charge in [0.25, 0.3) is 5.91 Å². The maximum atomic E-state index is 13.6. The number of amides is 1. The molecule has 1 N–H and O–H groups in total. The highest BCUT2D eigenvalue weighted by atomic mass is 19.1. The number of nitrogens with one attached hydrogen (secondary N) is 1. The van der Waals surface area contributed by atoms with Gasteiger partial charge in [0, 0.05) is 24.2 Å². The summed E-state index contributed by atoms with van der Waals surface area (Å²) in [5.74, 6) is 0.736. The van der Waals surface area contributed by atoms with E-state index in [2.05, 4.69) is 20.4 Å². The summed E-state index contributed by atoms with van der Waals surface area (Å²) in [6, 6.07) is 17.9. The molecule has 1 fully saturated rings. The lowest BCUT2D eigenvalue weighted by atomic mass is 10.2. The Morgan fingerprint density at radius 1 is 1.10 bits per heavy atom. The van der Waals surface area contributed by atoms with Gasteiger partial charge in [0.15, 0.2) is 6.10 Å². The molecule has 0 unspecified atom stereocenters. The van der Waals surface area contributed by atoms with Crippen LogP contribution >= 0.6 is 0 Å². The zero-order valence-electron chi connectivity index (χ0n) is 21.4. The maximum Gasteiger partial charge on any atom is 0.263 e. The van der Waals surface area contributed by atoms with Crippen LogP contribution in [0.3, 0.4) is 0 Å². The number of halogens is 1. The molecule has 1 aliphatic rings. The lowest BCUT2D eigenvalue weighted by Gasteiger charge is -2.29. The predicted octanol–water partition coefficient (Wildman–Crippen LogP) is 4.54. The highest BCUT2D eigenvalue weighted by Gasteiger charge is 2.25. The van der Waals surface area contributed by atoms with Crippen molar-refractivity contribution < 1.29 is 18.7 Å². The minimum Gasteiger partial charge on any atom is -0.480 e. The quantitative estimate of drug-likeness (QED) is 0.333. The summed E-state index contributed by atoms with van der Waals surface area (Å²) < 4.78 is 27.0. The molecule has 2 aromatic heterocycles. The number of rotatable bonds is 7. The van der Waals surface area contributed by atoms with Gasteiger partial charge < -0.3 is 19.7 Å². The third-order valence-electron chi connectivity index (χ3n) is 6.72. The smallest absolute Gasteiger partial charge is 0.263 e. The fourth-order valence-corrected chi connectivity index (χ4v) is 4.79. The summed E-state index contributed by atoms with van der Waals surface area (Å²) in [7, 11) is 0. The van der Waals surface area contributed by atoms with Gasteiger partial charge in [0.05, 0.1) is 42.4 Å². The second-order valence-corrected chi connectivity index (χ2v) is 9.40. The fraction of sp³-hybridized carbons (Fsp3) is 0.241. The normalized spacial score (nSPS) is 14.5. The first-order valence-corrected chi connectivity index (χ1v) is 12.8. The number of nitrogens with zero attached hydrogens (tertiary/aromatic N) is 5. The zero-order valence-corrected chi connectivity index (χ0v) is 21.4. The summed E-state index contributed by atoms with van der Waals surface area (Å²) in [6.07, 6.45) is 2.60. The van der Waals surface area contributed by atoms with Crippen LogP contribution in [0.1, 0.15) is 12.5 Å². The number of morpholine rings is 1. The van der Waals surface area contributed by atoms with Gasteiger partial charge in [-0.2, -0.15) is 5.10 Å². The van der Waals surface area contributed by atoms with Crippen molar-refractivity contribution in [1.82, 2.24) is 24.6 Å². The SMILES string of the molecule is C[C@@H](Oc1cccc2ncnc(Nc3ccc4c(cnn4Cc4cccc(F)c4)c3)c12)C(=O)N1CCOCC1. The van der Waals surface area contributed by atoms with E-state index in [1.54, 1.807) is 24.1 Å². The second kappa shape index (κ2) is 10.7. The number of benzene rings is 3. The van der Waals surface area contributed by atoms with Crippen LogP contribution in [-0.2, 0) is 16.1 Å². The Kier molecular flexibility index (Phi) is 6.76. The van der Waals surface area contributed by atoms with Gasteiger partial charge in [-0.05, 0) is 55.0 Å². The van der Waals surface area contributed by atoms with E-state index < -0.39 is 6.10 Å². The summed E-state index contributed by atoms with van der Waals surface area (Å²) in [5.41, 5.74) is 3.26. The number of fused-ring (bicyclic) bond motifs is 2. The minimum atomic E-state index is -0.679. The van der Waals surface area contributed by atoms with Crippen LogP contribution < -0.4 is 10.1 Å². The number of ether oxygens (including phenoxy) is 2. The van der Waals surface area contributed by atoms with E-state index in [1.807, 2.05) is 47.1 Å². The van der Waals surface area contributed by atoms with Crippen molar-refractivity contribution in [3.05, 3.63) is 84.6 Å². The maximum absolute atomic E-state index is 13.6. The van der Waals surface area contributed by atoms with Gasteiger partial charge in [0.2, 0.25) is 0 Å². The van der Waals surface area contributed by atoms with Crippen LogP contribution in [0.25, 0.3) is 21.8 Å². The molecule has 3 aromatic carbocycles. The molecule has 0 saturated carbocycles. The van der Waals surface area contributed by atoms with E-state index in [-0.39, 0.29) is 11.7 Å². The lowest BCUT2D eigenvalue weighted by Crippen LogP contribution is -2.46. The van der Waals surface area contributed by atoms with E-state index in [1.165, 1.54) is 18.5 Å². The fourth-order valence-electron chi connectivity index (χ4n) is 4.79. The van der Waals surface area contributed by atoms with Crippen LogP contribution in [0.5, 0.6) is 5.75 Å². The van der Waals surface area contributed by atoms with Crippen LogP contribution in [0.2, 0.25) is 0 Å². The molecule has 1 atom stereocenters. The van der Waals surface area contributed by atoms with Gasteiger partial charge >= 0.3 is 0 Å². The van der Waals surface area contributed by atoms with Crippen molar-refractivity contribution in [2.75, 3.05) is 31.6 Å². The highest BCUT2D eigenvalue weighted by Crippen LogP contribution is 2.33. The number of carbonyl (C=O) groups excluding carboxylic acids is 1. The van der Waals surface area contributed by atoms with Crippen LogP contribution in [0.4, 0.5) is 15.9 Å². The third-order valence-corrected chi connectivity index (χ3v) is 6.72. The van der Waals surface area contributed by atoms with Crippen LogP contribution in [-0.4, -0.2) is 63.0 Å². The molecule has 3 heterocycles. The first-order valence-electron chi connectivity index (χ1n) is 12.8. The topological polar surface area (TPSA) is 94.4 Å². The molecule has 0 bridgehead atoms. The average Bonchev–Trinajstić information content (AvgIpc) is 3.35. The van der Waals surface area contributed by atoms with Gasteiger partial charge in [-0.3, -0.25) is 9.48 Å². The molecule has 0 aliphatic carbocycles. The average molecular weight is 527 g/mol. The number of anilines is 2. The minimum absolute atomic E-state index is 0.0811. The molecule has 1 aliphatic heterocycles. The molecule has 5 aromatic rings. The number of aromatic nitrogens is 4. The summed E-state index contributed by atoms with van der Waals surface area (Å²) in [6.45, 7) is 4.39. The van der Waals surface area contributed by atoms with E-state index in [0.717, 1.165) is 22.2 Å². The summed E-state index contributed by atoms with van der Waals surface area (Å²) >= 11 is 0.